The zero-order valence-electron chi connectivity index (χ0n) is 12.7. The third-order valence-electron chi connectivity index (χ3n) is 4.37. The minimum atomic E-state index is -0.353. The van der Waals surface area contributed by atoms with Crippen molar-refractivity contribution in [2.45, 2.75) is 31.8 Å². The Morgan fingerprint density at radius 3 is 3.00 bits per heavy atom. The Hall–Kier alpha value is -1.85. The average molecular weight is 303 g/mol. The molecule has 0 unspecified atom stereocenters. The molecule has 1 saturated heterocycles. The summed E-state index contributed by atoms with van der Waals surface area (Å²) in [6.07, 6.45) is 3.28. The molecule has 5 heteroatoms. The van der Waals surface area contributed by atoms with Gasteiger partial charge in [-0.05, 0) is 37.1 Å². The molecule has 22 heavy (non-hydrogen) atoms. The molecule has 3 rings (SSSR count). The van der Waals surface area contributed by atoms with Crippen molar-refractivity contribution in [3.8, 4) is 5.75 Å². The number of hydrogen-bond donors (Lipinski definition) is 1. The lowest BCUT2D eigenvalue weighted by Gasteiger charge is -2.34. The fourth-order valence-electron chi connectivity index (χ4n) is 3.16. The molecule has 0 bridgehead atoms. The van der Waals surface area contributed by atoms with Crippen molar-refractivity contribution in [2.24, 2.45) is 0 Å². The zero-order valence-corrected chi connectivity index (χ0v) is 12.7. The minimum absolute atomic E-state index is 0.160. The third kappa shape index (κ3) is 3.00. The van der Waals surface area contributed by atoms with E-state index in [2.05, 4.69) is 4.90 Å². The number of aliphatic hydroxyl groups is 1. The van der Waals surface area contributed by atoms with Crippen molar-refractivity contribution in [3.05, 3.63) is 40.2 Å². The lowest BCUT2D eigenvalue weighted by atomic mass is 10.0. The maximum atomic E-state index is 11.8. The average Bonchev–Trinajstić information content (AvgIpc) is 2.54. The monoisotopic (exact) mass is 303 g/mol. The topological polar surface area (TPSA) is 62.9 Å². The summed E-state index contributed by atoms with van der Waals surface area (Å²) in [4.78, 5) is 14.1. The maximum absolute atomic E-state index is 11.8. The van der Waals surface area contributed by atoms with E-state index >= 15 is 0 Å². The Kier molecular flexibility index (Phi) is 4.45. The number of methoxy groups -OCH3 is 1. The van der Waals surface area contributed by atoms with Crippen LogP contribution in [0, 0.1) is 0 Å². The van der Waals surface area contributed by atoms with E-state index in [9.17, 15) is 9.90 Å². The highest BCUT2D eigenvalue weighted by Gasteiger charge is 2.22. The molecular weight excluding hydrogens is 282 g/mol. The second kappa shape index (κ2) is 6.50. The number of ether oxygens (including phenoxy) is 1. The zero-order chi connectivity index (χ0) is 15.5. The van der Waals surface area contributed by atoms with Crippen LogP contribution >= 0.6 is 0 Å². The number of piperidine rings is 1. The Labute approximate surface area is 129 Å². The highest BCUT2D eigenvalue weighted by Crippen LogP contribution is 2.25. The fourth-order valence-corrected chi connectivity index (χ4v) is 3.16. The summed E-state index contributed by atoms with van der Waals surface area (Å²) in [5, 5.41) is 10.5. The van der Waals surface area contributed by atoms with Crippen molar-refractivity contribution >= 4 is 11.0 Å². The van der Waals surface area contributed by atoms with Gasteiger partial charge in [0, 0.05) is 30.1 Å². The van der Waals surface area contributed by atoms with E-state index in [1.54, 1.807) is 19.2 Å². The number of fused-ring (bicyclic) bond motifs is 1. The van der Waals surface area contributed by atoms with Crippen molar-refractivity contribution < 1.29 is 14.3 Å². The summed E-state index contributed by atoms with van der Waals surface area (Å²) in [5.74, 6) is 0.666. The van der Waals surface area contributed by atoms with Crippen LogP contribution in [0.1, 0.15) is 24.8 Å². The highest BCUT2D eigenvalue weighted by molar-refractivity contribution is 5.81. The minimum Gasteiger partial charge on any atom is -0.497 e. The van der Waals surface area contributed by atoms with Gasteiger partial charge in [-0.25, -0.2) is 4.79 Å². The number of nitrogens with zero attached hydrogens (tertiary/aromatic N) is 1. The summed E-state index contributed by atoms with van der Waals surface area (Å²) in [5.41, 5.74) is 1.13. The van der Waals surface area contributed by atoms with Crippen molar-refractivity contribution in [2.75, 3.05) is 20.3 Å². The van der Waals surface area contributed by atoms with Gasteiger partial charge in [0.25, 0.3) is 0 Å². The first-order valence-corrected chi connectivity index (χ1v) is 7.67. The van der Waals surface area contributed by atoms with Gasteiger partial charge in [0.2, 0.25) is 0 Å². The lowest BCUT2D eigenvalue weighted by Crippen LogP contribution is -2.41. The van der Waals surface area contributed by atoms with E-state index in [-0.39, 0.29) is 18.3 Å². The number of likely N-dealkylation sites (tertiary alicyclic amines) is 1. The molecule has 0 aliphatic carbocycles. The van der Waals surface area contributed by atoms with Gasteiger partial charge in [-0.15, -0.1) is 0 Å². The molecule has 5 nitrogen and oxygen atoms in total. The first-order valence-electron chi connectivity index (χ1n) is 7.67. The van der Waals surface area contributed by atoms with Crippen molar-refractivity contribution in [3.63, 3.8) is 0 Å². The molecule has 1 aromatic heterocycles. The van der Waals surface area contributed by atoms with E-state index in [1.165, 1.54) is 0 Å². The van der Waals surface area contributed by atoms with Crippen LogP contribution in [0.15, 0.2) is 33.5 Å². The number of aliphatic hydroxyl groups excluding tert-OH is 1. The van der Waals surface area contributed by atoms with Gasteiger partial charge in [-0.1, -0.05) is 6.42 Å². The smallest absolute Gasteiger partial charge is 0.336 e. The largest absolute Gasteiger partial charge is 0.497 e. The Morgan fingerprint density at radius 2 is 2.23 bits per heavy atom. The van der Waals surface area contributed by atoms with Crippen molar-refractivity contribution in [1.29, 1.82) is 0 Å². The van der Waals surface area contributed by atoms with E-state index in [0.29, 0.717) is 17.9 Å². The molecule has 1 fully saturated rings. The molecule has 0 amide bonds. The number of hydrogen-bond acceptors (Lipinski definition) is 5. The van der Waals surface area contributed by atoms with Crippen molar-refractivity contribution in [1.82, 2.24) is 4.90 Å². The Morgan fingerprint density at radius 1 is 1.36 bits per heavy atom. The van der Waals surface area contributed by atoms with Crippen LogP contribution in [-0.2, 0) is 6.54 Å². The van der Waals surface area contributed by atoms with Gasteiger partial charge in [-0.3, -0.25) is 4.90 Å². The molecule has 1 aliphatic heterocycles. The summed E-state index contributed by atoms with van der Waals surface area (Å²) in [6, 6.07) is 7.25. The van der Waals surface area contributed by atoms with Crippen LogP contribution < -0.4 is 10.4 Å². The van der Waals surface area contributed by atoms with Gasteiger partial charge < -0.3 is 14.3 Å². The summed E-state index contributed by atoms with van der Waals surface area (Å²) in [6.45, 7) is 1.76. The fraction of sp³-hybridized carbons (Fsp3) is 0.471. The standard InChI is InChI=1S/C17H21NO4/c1-21-14-5-6-15-12(8-17(20)22-16(15)9-14)10-18-7-3-2-4-13(18)11-19/h5-6,8-9,13,19H,2-4,7,10-11H2,1H3/t13-/m1/s1. The molecule has 0 spiro atoms. The van der Waals surface area contributed by atoms with Crippen LogP contribution in [0.25, 0.3) is 11.0 Å². The first-order chi connectivity index (χ1) is 10.7. The van der Waals surface area contributed by atoms with Crippen LogP contribution in [0.2, 0.25) is 0 Å². The van der Waals surface area contributed by atoms with Gasteiger partial charge in [0.15, 0.2) is 0 Å². The molecule has 1 aliphatic rings. The molecule has 1 atom stereocenters. The highest BCUT2D eigenvalue weighted by atomic mass is 16.5. The van der Waals surface area contributed by atoms with Gasteiger partial charge in [0.05, 0.1) is 13.7 Å². The SMILES string of the molecule is COc1ccc2c(CN3CCCC[C@@H]3CO)cc(=O)oc2c1. The van der Waals surface area contributed by atoms with Gasteiger partial charge in [-0.2, -0.15) is 0 Å². The molecular formula is C17H21NO4. The molecule has 2 aromatic rings. The third-order valence-corrected chi connectivity index (χ3v) is 4.37. The second-order valence-electron chi connectivity index (χ2n) is 5.76. The van der Waals surface area contributed by atoms with E-state index in [4.69, 9.17) is 9.15 Å². The van der Waals surface area contributed by atoms with E-state index in [0.717, 1.165) is 36.8 Å². The second-order valence-corrected chi connectivity index (χ2v) is 5.76. The molecule has 0 saturated carbocycles. The number of rotatable bonds is 4. The summed E-state index contributed by atoms with van der Waals surface area (Å²) >= 11 is 0. The Balaban J connectivity index is 1.97. The number of benzene rings is 1. The molecule has 2 heterocycles. The predicted molar refractivity (Wildman–Crippen MR) is 84.2 cm³/mol. The predicted octanol–water partition coefficient (Wildman–Crippen LogP) is 2.15. The van der Waals surface area contributed by atoms with Crippen LogP contribution in [0.5, 0.6) is 5.75 Å². The first kappa shape index (κ1) is 15.1. The van der Waals surface area contributed by atoms with Crippen LogP contribution in [-0.4, -0.2) is 36.3 Å². The normalized spacial score (nSPS) is 19.5. The van der Waals surface area contributed by atoms with E-state index in [1.807, 2.05) is 12.1 Å². The van der Waals surface area contributed by atoms with Gasteiger partial charge >= 0.3 is 5.63 Å². The molecule has 1 N–H and O–H groups in total. The molecule has 0 radical (unpaired) electrons. The van der Waals surface area contributed by atoms with Crippen LogP contribution in [0.4, 0.5) is 0 Å². The molecule has 1 aromatic carbocycles. The quantitative estimate of drug-likeness (QED) is 0.877. The Bertz CT molecular complexity index is 709. The lowest BCUT2D eigenvalue weighted by molar-refractivity contribution is 0.0843. The van der Waals surface area contributed by atoms with Gasteiger partial charge in [0.1, 0.15) is 11.3 Å². The maximum Gasteiger partial charge on any atom is 0.336 e. The van der Waals surface area contributed by atoms with E-state index < -0.39 is 0 Å². The summed E-state index contributed by atoms with van der Waals surface area (Å²) < 4.78 is 10.5. The van der Waals surface area contributed by atoms with Crippen LogP contribution in [0.3, 0.4) is 0 Å². The molecule has 118 valence electrons. The summed E-state index contributed by atoms with van der Waals surface area (Å²) in [7, 11) is 1.59.